The second-order valence-corrected chi connectivity index (χ2v) is 1.95. The highest BCUT2D eigenvalue weighted by molar-refractivity contribution is 6.17. The van der Waals surface area contributed by atoms with Crippen LogP contribution < -0.4 is 4.74 Å². The van der Waals surface area contributed by atoms with Gasteiger partial charge in [-0.3, -0.25) is 0 Å². The van der Waals surface area contributed by atoms with E-state index in [0.717, 1.165) is 0 Å². The summed E-state index contributed by atoms with van der Waals surface area (Å²) >= 11 is 5.37. The lowest BCUT2D eigenvalue weighted by Gasteiger charge is -1.97. The average molecular weight is 159 g/mol. The Morgan fingerprint density at radius 1 is 1.40 bits per heavy atom. The molecule has 0 atom stereocenters. The van der Waals surface area contributed by atoms with Gasteiger partial charge in [0.15, 0.2) is 0 Å². The van der Waals surface area contributed by atoms with Crippen molar-refractivity contribution < 1.29 is 4.74 Å². The van der Waals surface area contributed by atoms with Crippen LogP contribution in [0.5, 0.6) is 6.01 Å². The minimum absolute atomic E-state index is 0.378. The first kappa shape index (κ1) is 7.28. The Balaban J connectivity index is 2.43. The molecule has 0 unspecified atom stereocenters. The molecule has 0 aromatic carbocycles. The second kappa shape index (κ2) is 4.06. The largest absolute Gasteiger partial charge is 0.462 e. The van der Waals surface area contributed by atoms with Crippen LogP contribution in [0.1, 0.15) is 0 Å². The van der Waals surface area contributed by atoms with E-state index < -0.39 is 0 Å². The molecule has 1 aromatic rings. The summed E-state index contributed by atoms with van der Waals surface area (Å²) in [6, 6.07) is 2.11. The van der Waals surface area contributed by atoms with Crippen LogP contribution in [0.15, 0.2) is 18.5 Å². The third-order valence-corrected chi connectivity index (χ3v) is 1.00. The maximum atomic E-state index is 5.37. The van der Waals surface area contributed by atoms with Crippen LogP contribution in [0.2, 0.25) is 0 Å². The molecular formula is C6H7ClN2O. The van der Waals surface area contributed by atoms with E-state index in [1.54, 1.807) is 18.5 Å². The number of hydrogen-bond donors (Lipinski definition) is 0. The first-order valence-corrected chi connectivity index (χ1v) is 3.42. The molecule has 4 heteroatoms. The predicted molar refractivity (Wildman–Crippen MR) is 38.2 cm³/mol. The number of rotatable bonds is 3. The molecule has 0 radical (unpaired) electrons. The minimum Gasteiger partial charge on any atom is -0.462 e. The van der Waals surface area contributed by atoms with Gasteiger partial charge in [-0.2, -0.15) is 0 Å². The minimum atomic E-state index is 0.378. The van der Waals surface area contributed by atoms with Crippen molar-refractivity contribution in [1.29, 1.82) is 0 Å². The van der Waals surface area contributed by atoms with Crippen LogP contribution in [0.3, 0.4) is 0 Å². The molecule has 0 N–H and O–H groups in total. The summed E-state index contributed by atoms with van der Waals surface area (Å²) < 4.78 is 5.00. The van der Waals surface area contributed by atoms with Crippen molar-refractivity contribution in [2.75, 3.05) is 12.5 Å². The highest BCUT2D eigenvalue weighted by atomic mass is 35.5. The van der Waals surface area contributed by atoms with E-state index >= 15 is 0 Å². The van der Waals surface area contributed by atoms with Crippen molar-refractivity contribution >= 4 is 11.6 Å². The fourth-order valence-electron chi connectivity index (χ4n) is 0.490. The maximum absolute atomic E-state index is 5.37. The molecule has 1 heterocycles. The Hall–Kier alpha value is -0.830. The lowest BCUT2D eigenvalue weighted by atomic mass is 10.7. The van der Waals surface area contributed by atoms with Gasteiger partial charge in [-0.05, 0) is 6.07 Å². The molecule has 0 saturated carbocycles. The van der Waals surface area contributed by atoms with Gasteiger partial charge in [0.1, 0.15) is 6.61 Å². The topological polar surface area (TPSA) is 35.0 Å². The molecule has 1 rings (SSSR count). The number of hydrogen-bond acceptors (Lipinski definition) is 3. The fourth-order valence-corrected chi connectivity index (χ4v) is 0.567. The van der Waals surface area contributed by atoms with Gasteiger partial charge in [0.05, 0.1) is 5.88 Å². The van der Waals surface area contributed by atoms with E-state index in [1.165, 1.54) is 0 Å². The number of alkyl halides is 1. The van der Waals surface area contributed by atoms with Crippen molar-refractivity contribution in [3.63, 3.8) is 0 Å². The van der Waals surface area contributed by atoms with E-state index in [1.807, 2.05) is 0 Å². The molecule has 3 nitrogen and oxygen atoms in total. The summed E-state index contributed by atoms with van der Waals surface area (Å²) in [5.74, 6) is 0.457. The van der Waals surface area contributed by atoms with Crippen LogP contribution in [0.4, 0.5) is 0 Å². The quantitative estimate of drug-likeness (QED) is 0.618. The highest BCUT2D eigenvalue weighted by Crippen LogP contribution is 1.96. The number of aromatic nitrogens is 2. The smallest absolute Gasteiger partial charge is 0.316 e. The van der Waals surface area contributed by atoms with E-state index in [9.17, 15) is 0 Å². The molecular weight excluding hydrogens is 152 g/mol. The monoisotopic (exact) mass is 158 g/mol. The number of nitrogens with zero attached hydrogens (tertiary/aromatic N) is 2. The summed E-state index contributed by atoms with van der Waals surface area (Å²) in [4.78, 5) is 7.65. The van der Waals surface area contributed by atoms with Gasteiger partial charge in [-0.25, -0.2) is 9.97 Å². The maximum Gasteiger partial charge on any atom is 0.316 e. The molecule has 0 bridgehead atoms. The lowest BCUT2D eigenvalue weighted by molar-refractivity contribution is 0.315. The third kappa shape index (κ3) is 2.19. The lowest BCUT2D eigenvalue weighted by Crippen LogP contribution is -2.00. The molecule has 0 saturated heterocycles. The normalized spacial score (nSPS) is 9.30. The average Bonchev–Trinajstić information content (AvgIpc) is 2.03. The van der Waals surface area contributed by atoms with Crippen LogP contribution in [0.25, 0.3) is 0 Å². The zero-order valence-electron chi connectivity index (χ0n) is 5.33. The SMILES string of the molecule is ClCCOc1ncccn1. The highest BCUT2D eigenvalue weighted by Gasteiger charge is 1.90. The Morgan fingerprint density at radius 3 is 2.70 bits per heavy atom. The molecule has 54 valence electrons. The van der Waals surface area contributed by atoms with Crippen LogP contribution >= 0.6 is 11.6 Å². The fraction of sp³-hybridized carbons (Fsp3) is 0.333. The van der Waals surface area contributed by atoms with E-state index in [0.29, 0.717) is 18.5 Å². The van der Waals surface area contributed by atoms with Crippen LogP contribution in [-0.2, 0) is 0 Å². The molecule has 1 aromatic heterocycles. The van der Waals surface area contributed by atoms with E-state index in [-0.39, 0.29) is 0 Å². The molecule has 0 aliphatic heterocycles. The van der Waals surface area contributed by atoms with Gasteiger partial charge < -0.3 is 4.74 Å². The Bertz CT molecular complexity index is 180. The van der Waals surface area contributed by atoms with Crippen molar-refractivity contribution in [1.82, 2.24) is 9.97 Å². The third-order valence-electron chi connectivity index (χ3n) is 0.850. The van der Waals surface area contributed by atoms with Gasteiger partial charge in [0.25, 0.3) is 0 Å². The molecule has 0 spiro atoms. The van der Waals surface area contributed by atoms with E-state index in [2.05, 4.69) is 9.97 Å². The first-order valence-electron chi connectivity index (χ1n) is 2.89. The van der Waals surface area contributed by atoms with Crippen molar-refractivity contribution in [2.24, 2.45) is 0 Å². The van der Waals surface area contributed by atoms with Gasteiger partial charge >= 0.3 is 6.01 Å². The summed E-state index contributed by atoms with van der Waals surface area (Å²) in [5, 5.41) is 0. The summed E-state index contributed by atoms with van der Waals surface area (Å²) in [6.45, 7) is 0.450. The molecule has 0 aliphatic rings. The Morgan fingerprint density at radius 2 is 2.10 bits per heavy atom. The van der Waals surface area contributed by atoms with Gasteiger partial charge in [-0.1, -0.05) is 0 Å². The molecule has 0 amide bonds. The second-order valence-electron chi connectivity index (χ2n) is 1.57. The number of halogens is 1. The number of ether oxygens (including phenoxy) is 1. The summed E-state index contributed by atoms with van der Waals surface area (Å²) in [5.41, 5.74) is 0. The Labute approximate surface area is 64.0 Å². The van der Waals surface area contributed by atoms with Gasteiger partial charge in [0.2, 0.25) is 0 Å². The van der Waals surface area contributed by atoms with E-state index in [4.69, 9.17) is 16.3 Å². The molecule has 0 fully saturated rings. The van der Waals surface area contributed by atoms with Crippen molar-refractivity contribution in [2.45, 2.75) is 0 Å². The van der Waals surface area contributed by atoms with Crippen molar-refractivity contribution in [3.8, 4) is 6.01 Å². The Kier molecular flexibility index (Phi) is 2.96. The van der Waals surface area contributed by atoms with Crippen molar-refractivity contribution in [3.05, 3.63) is 18.5 Å². The van der Waals surface area contributed by atoms with Gasteiger partial charge in [0, 0.05) is 12.4 Å². The van der Waals surface area contributed by atoms with Gasteiger partial charge in [-0.15, -0.1) is 11.6 Å². The zero-order chi connectivity index (χ0) is 7.23. The zero-order valence-corrected chi connectivity index (χ0v) is 6.08. The molecule has 0 aliphatic carbocycles. The van der Waals surface area contributed by atoms with Crippen LogP contribution in [0, 0.1) is 0 Å². The predicted octanol–water partition coefficient (Wildman–Crippen LogP) is 1.09. The molecule has 10 heavy (non-hydrogen) atoms. The van der Waals surface area contributed by atoms with Crippen LogP contribution in [-0.4, -0.2) is 22.5 Å². The first-order chi connectivity index (χ1) is 4.93. The summed E-state index contributed by atoms with van der Waals surface area (Å²) in [7, 11) is 0. The standard InChI is InChI=1S/C6H7ClN2O/c7-2-5-10-6-8-3-1-4-9-6/h1,3-4H,2,5H2. The summed E-state index contributed by atoms with van der Waals surface area (Å²) in [6.07, 6.45) is 3.24.